The van der Waals surface area contributed by atoms with Crippen molar-refractivity contribution in [2.75, 3.05) is 32.2 Å². The van der Waals surface area contributed by atoms with Crippen molar-refractivity contribution in [3.63, 3.8) is 0 Å². The second kappa shape index (κ2) is 5.67. The Labute approximate surface area is 99.7 Å². The van der Waals surface area contributed by atoms with Gasteiger partial charge in [-0.2, -0.15) is 0 Å². The van der Waals surface area contributed by atoms with Gasteiger partial charge in [0.25, 0.3) is 0 Å². The maximum atomic E-state index is 11.0. The van der Waals surface area contributed by atoms with Crippen LogP contribution in [0.2, 0.25) is 0 Å². The second-order valence-electron chi connectivity index (χ2n) is 4.00. The monoisotopic (exact) mass is 239 g/mol. The molecule has 6 heteroatoms. The van der Waals surface area contributed by atoms with Gasteiger partial charge in [0.2, 0.25) is 5.95 Å². The van der Waals surface area contributed by atoms with Crippen molar-refractivity contribution < 1.29 is 14.3 Å². The highest BCUT2D eigenvalue weighted by Gasteiger charge is 2.17. The largest absolute Gasteiger partial charge is 0.468 e. The van der Waals surface area contributed by atoms with Crippen molar-refractivity contribution in [3.05, 3.63) is 11.9 Å². The summed E-state index contributed by atoms with van der Waals surface area (Å²) in [6, 6.07) is 0. The lowest BCUT2D eigenvalue weighted by Crippen LogP contribution is -2.16. The minimum Gasteiger partial charge on any atom is -0.468 e. The van der Waals surface area contributed by atoms with Gasteiger partial charge < -0.3 is 19.8 Å². The van der Waals surface area contributed by atoms with Gasteiger partial charge in [0, 0.05) is 24.8 Å². The van der Waals surface area contributed by atoms with Crippen LogP contribution >= 0.6 is 0 Å². The first-order valence-electron chi connectivity index (χ1n) is 5.73. The number of nitrogens with zero attached hydrogens (tertiary/aromatic N) is 1. The second-order valence-corrected chi connectivity index (χ2v) is 4.00. The molecule has 0 unspecified atom stereocenters. The first-order chi connectivity index (χ1) is 8.29. The number of aromatic amines is 1. The van der Waals surface area contributed by atoms with Crippen LogP contribution in [0.5, 0.6) is 0 Å². The molecule has 0 atom stereocenters. The smallest absolute Gasteiger partial charge is 0.325 e. The molecule has 94 valence electrons. The van der Waals surface area contributed by atoms with Gasteiger partial charge in [-0.15, -0.1) is 0 Å². The van der Waals surface area contributed by atoms with E-state index in [1.165, 1.54) is 7.11 Å². The molecule has 0 radical (unpaired) electrons. The average molecular weight is 239 g/mol. The number of carbonyl (C=O) groups excluding carboxylic acids is 1. The molecule has 1 aromatic rings. The van der Waals surface area contributed by atoms with Gasteiger partial charge in [0.1, 0.15) is 6.54 Å². The van der Waals surface area contributed by atoms with E-state index in [-0.39, 0.29) is 12.5 Å². The van der Waals surface area contributed by atoms with Gasteiger partial charge in [-0.3, -0.25) is 4.79 Å². The molecule has 0 saturated carbocycles. The van der Waals surface area contributed by atoms with Crippen LogP contribution in [-0.4, -0.2) is 42.8 Å². The predicted molar refractivity (Wildman–Crippen MR) is 61.9 cm³/mol. The number of hydrogen-bond acceptors (Lipinski definition) is 5. The van der Waals surface area contributed by atoms with Crippen LogP contribution in [0.25, 0.3) is 0 Å². The van der Waals surface area contributed by atoms with E-state index in [0.29, 0.717) is 11.9 Å². The Kier molecular flexibility index (Phi) is 3.98. The summed E-state index contributed by atoms with van der Waals surface area (Å²) >= 11 is 0. The molecule has 2 N–H and O–H groups in total. The standard InChI is InChI=1S/C11H17N3O3/c1-16-10(15)7-13-11-12-6-9(14-11)8-2-4-17-5-3-8/h6,8H,2-5,7H2,1H3,(H2,12,13,14). The molecule has 2 rings (SSSR count). The molecule has 6 nitrogen and oxygen atoms in total. The van der Waals surface area contributed by atoms with E-state index in [9.17, 15) is 4.79 Å². The van der Waals surface area contributed by atoms with Crippen molar-refractivity contribution in [3.8, 4) is 0 Å². The molecule has 2 heterocycles. The number of esters is 1. The van der Waals surface area contributed by atoms with E-state index in [1.54, 1.807) is 0 Å². The van der Waals surface area contributed by atoms with E-state index in [4.69, 9.17) is 4.74 Å². The van der Waals surface area contributed by atoms with Crippen molar-refractivity contribution in [2.45, 2.75) is 18.8 Å². The molecule has 1 aliphatic heterocycles. The number of nitrogens with one attached hydrogen (secondary N) is 2. The zero-order chi connectivity index (χ0) is 12.1. The number of ether oxygens (including phenoxy) is 2. The predicted octanol–water partition coefficient (Wildman–Crippen LogP) is 0.889. The maximum absolute atomic E-state index is 11.0. The number of rotatable bonds is 4. The van der Waals surface area contributed by atoms with Crippen LogP contribution in [-0.2, 0) is 14.3 Å². The van der Waals surface area contributed by atoms with E-state index >= 15 is 0 Å². The summed E-state index contributed by atoms with van der Waals surface area (Å²) in [5.41, 5.74) is 1.10. The van der Waals surface area contributed by atoms with Crippen molar-refractivity contribution >= 4 is 11.9 Å². The summed E-state index contributed by atoms with van der Waals surface area (Å²) in [7, 11) is 1.36. The number of H-pyrrole nitrogens is 1. The summed E-state index contributed by atoms with van der Waals surface area (Å²) < 4.78 is 9.85. The fraction of sp³-hybridized carbons (Fsp3) is 0.636. The molecule has 0 spiro atoms. The lowest BCUT2D eigenvalue weighted by Gasteiger charge is -2.20. The molecule has 17 heavy (non-hydrogen) atoms. The van der Waals surface area contributed by atoms with E-state index in [2.05, 4.69) is 20.0 Å². The molecule has 1 saturated heterocycles. The molecule has 1 fully saturated rings. The third-order valence-corrected chi connectivity index (χ3v) is 2.88. The number of hydrogen-bond donors (Lipinski definition) is 2. The van der Waals surface area contributed by atoms with Crippen LogP contribution in [0, 0.1) is 0 Å². The van der Waals surface area contributed by atoms with Crippen molar-refractivity contribution in [2.24, 2.45) is 0 Å². The first-order valence-corrected chi connectivity index (χ1v) is 5.73. The van der Waals surface area contributed by atoms with Gasteiger partial charge in [-0.25, -0.2) is 4.98 Å². The van der Waals surface area contributed by atoms with Crippen LogP contribution in [0.3, 0.4) is 0 Å². The average Bonchev–Trinajstić information content (AvgIpc) is 2.86. The third kappa shape index (κ3) is 3.20. The minimum atomic E-state index is -0.311. The van der Waals surface area contributed by atoms with Gasteiger partial charge in [0.05, 0.1) is 13.3 Å². The van der Waals surface area contributed by atoms with E-state index in [1.807, 2.05) is 6.20 Å². The summed E-state index contributed by atoms with van der Waals surface area (Å²) in [5.74, 6) is 0.774. The molecule has 1 aromatic heterocycles. The Morgan fingerprint density at radius 2 is 2.41 bits per heavy atom. The molecular formula is C11H17N3O3. The van der Waals surface area contributed by atoms with Crippen LogP contribution in [0.4, 0.5) is 5.95 Å². The van der Waals surface area contributed by atoms with Crippen LogP contribution in [0.1, 0.15) is 24.5 Å². The van der Waals surface area contributed by atoms with Gasteiger partial charge in [-0.05, 0) is 12.8 Å². The molecule has 0 aromatic carbocycles. The zero-order valence-corrected chi connectivity index (χ0v) is 9.86. The van der Waals surface area contributed by atoms with Crippen LogP contribution < -0.4 is 5.32 Å². The lowest BCUT2D eigenvalue weighted by atomic mass is 9.97. The Hall–Kier alpha value is -1.56. The molecule has 0 aliphatic carbocycles. The summed E-state index contributed by atoms with van der Waals surface area (Å²) in [5, 5.41) is 2.88. The maximum Gasteiger partial charge on any atom is 0.325 e. The third-order valence-electron chi connectivity index (χ3n) is 2.88. The topological polar surface area (TPSA) is 76.2 Å². The van der Waals surface area contributed by atoms with Gasteiger partial charge in [-0.1, -0.05) is 0 Å². The highest BCUT2D eigenvalue weighted by Crippen LogP contribution is 2.25. The number of imidazole rings is 1. The van der Waals surface area contributed by atoms with Gasteiger partial charge >= 0.3 is 5.97 Å². The summed E-state index contributed by atoms with van der Waals surface area (Å²) in [6.45, 7) is 1.72. The van der Waals surface area contributed by atoms with E-state index in [0.717, 1.165) is 31.7 Å². The van der Waals surface area contributed by atoms with Crippen molar-refractivity contribution in [1.29, 1.82) is 0 Å². The van der Waals surface area contributed by atoms with Crippen LogP contribution in [0.15, 0.2) is 6.20 Å². The fourth-order valence-electron chi connectivity index (χ4n) is 1.87. The molecule has 1 aliphatic rings. The van der Waals surface area contributed by atoms with E-state index < -0.39 is 0 Å². The highest BCUT2D eigenvalue weighted by atomic mass is 16.5. The Morgan fingerprint density at radius 3 is 3.12 bits per heavy atom. The highest BCUT2D eigenvalue weighted by molar-refractivity contribution is 5.74. The first kappa shape index (κ1) is 11.9. The SMILES string of the molecule is COC(=O)CNc1ncc(C2CCOCC2)[nH]1. The number of anilines is 1. The fourth-order valence-corrected chi connectivity index (χ4v) is 1.87. The lowest BCUT2D eigenvalue weighted by molar-refractivity contribution is -0.138. The summed E-state index contributed by atoms with van der Waals surface area (Å²) in [6.07, 6.45) is 3.84. The van der Waals surface area contributed by atoms with Gasteiger partial charge in [0.15, 0.2) is 0 Å². The molecule has 0 bridgehead atoms. The number of aromatic nitrogens is 2. The number of carbonyl (C=O) groups is 1. The Bertz CT molecular complexity index is 372. The number of methoxy groups -OCH3 is 1. The van der Waals surface area contributed by atoms with Crippen molar-refractivity contribution in [1.82, 2.24) is 9.97 Å². The summed E-state index contributed by atoms with van der Waals surface area (Å²) in [4.78, 5) is 18.3. The zero-order valence-electron chi connectivity index (χ0n) is 9.86. The normalized spacial score (nSPS) is 16.8. The quantitative estimate of drug-likeness (QED) is 0.763. The Balaban J connectivity index is 1.88. The molecular weight excluding hydrogens is 222 g/mol. The minimum absolute atomic E-state index is 0.122. The molecule has 0 amide bonds. The Morgan fingerprint density at radius 1 is 1.65 bits per heavy atom.